The van der Waals surface area contributed by atoms with Gasteiger partial charge in [0.05, 0.1) is 0 Å². The van der Waals surface area contributed by atoms with Crippen LogP contribution in [-0.4, -0.2) is 73.0 Å². The van der Waals surface area contributed by atoms with Crippen molar-refractivity contribution in [2.45, 2.75) is 40.0 Å². The van der Waals surface area contributed by atoms with Gasteiger partial charge in [0.25, 0.3) is 0 Å². The molecule has 4 nitrogen and oxygen atoms in total. The average Bonchev–Trinajstić information content (AvgIpc) is 2.53. The summed E-state index contributed by atoms with van der Waals surface area (Å²) in [4.78, 5) is 19.4. The zero-order valence-electron chi connectivity index (χ0n) is 14.2. The number of amides is 1. The Balaban J connectivity index is 1.64. The van der Waals surface area contributed by atoms with Gasteiger partial charge in [-0.2, -0.15) is 0 Å². The van der Waals surface area contributed by atoms with E-state index in [1.165, 1.54) is 12.8 Å². The normalized spacial score (nSPS) is 23.0. The van der Waals surface area contributed by atoms with Gasteiger partial charge in [0.1, 0.15) is 0 Å². The van der Waals surface area contributed by atoms with E-state index < -0.39 is 0 Å². The zero-order chi connectivity index (χ0) is 15.2. The van der Waals surface area contributed by atoms with Crippen LogP contribution < -0.4 is 0 Å². The molecule has 0 aromatic heterocycles. The fraction of sp³-hybridized carbons (Fsp3) is 0.941. The van der Waals surface area contributed by atoms with Crippen molar-refractivity contribution in [1.29, 1.82) is 0 Å². The predicted molar refractivity (Wildman–Crippen MR) is 87.3 cm³/mol. The highest BCUT2D eigenvalue weighted by atomic mass is 16.2. The van der Waals surface area contributed by atoms with Crippen LogP contribution in [0.1, 0.15) is 40.0 Å². The topological polar surface area (TPSA) is 26.8 Å². The lowest BCUT2D eigenvalue weighted by Gasteiger charge is -2.36. The van der Waals surface area contributed by atoms with E-state index in [4.69, 9.17) is 0 Å². The molecule has 2 heterocycles. The third-order valence-corrected chi connectivity index (χ3v) is 5.39. The number of piperazine rings is 1. The number of likely N-dealkylation sites (tertiary alicyclic amines) is 1. The minimum Gasteiger partial charge on any atom is -0.343 e. The van der Waals surface area contributed by atoms with Crippen molar-refractivity contribution in [3.05, 3.63) is 0 Å². The first-order valence-electron chi connectivity index (χ1n) is 8.82. The molecule has 2 rings (SSSR count). The molecule has 21 heavy (non-hydrogen) atoms. The van der Waals surface area contributed by atoms with Crippen molar-refractivity contribution in [3.63, 3.8) is 0 Å². The van der Waals surface area contributed by atoms with E-state index >= 15 is 0 Å². The molecule has 0 atom stereocenters. The van der Waals surface area contributed by atoms with Crippen LogP contribution in [0.25, 0.3) is 0 Å². The Labute approximate surface area is 130 Å². The molecule has 2 saturated heterocycles. The highest BCUT2D eigenvalue weighted by molar-refractivity contribution is 5.76. The lowest BCUT2D eigenvalue weighted by molar-refractivity contribution is -0.133. The monoisotopic (exact) mass is 295 g/mol. The number of carbonyl (C=O) groups is 1. The summed E-state index contributed by atoms with van der Waals surface area (Å²) < 4.78 is 0. The maximum Gasteiger partial charge on any atom is 0.223 e. The van der Waals surface area contributed by atoms with Gasteiger partial charge in [-0.3, -0.25) is 4.79 Å². The Morgan fingerprint density at radius 1 is 1.00 bits per heavy atom. The second-order valence-corrected chi connectivity index (χ2v) is 6.99. The molecule has 0 saturated carbocycles. The molecule has 0 spiro atoms. The van der Waals surface area contributed by atoms with Gasteiger partial charge in [0.15, 0.2) is 0 Å². The Hall–Kier alpha value is -0.610. The van der Waals surface area contributed by atoms with Gasteiger partial charge in [0, 0.05) is 52.2 Å². The lowest BCUT2D eigenvalue weighted by Crippen LogP contribution is -2.47. The Bertz CT molecular complexity index is 316. The van der Waals surface area contributed by atoms with E-state index in [0.29, 0.717) is 12.3 Å². The maximum absolute atomic E-state index is 12.3. The third kappa shape index (κ3) is 4.96. The van der Waals surface area contributed by atoms with Gasteiger partial charge in [0.2, 0.25) is 5.91 Å². The second kappa shape index (κ2) is 8.14. The molecule has 4 heteroatoms. The molecule has 0 radical (unpaired) electrons. The van der Waals surface area contributed by atoms with Crippen molar-refractivity contribution >= 4 is 5.91 Å². The minimum absolute atomic E-state index is 0.370. The van der Waals surface area contributed by atoms with Crippen LogP contribution >= 0.6 is 0 Å². The average molecular weight is 295 g/mol. The molecule has 2 aliphatic heterocycles. The molecule has 2 fully saturated rings. The van der Waals surface area contributed by atoms with E-state index in [2.05, 4.69) is 35.5 Å². The standard InChI is InChI=1S/C17H33N3O/c1-4-18-11-13-19(14-12-18)8-7-17(21)20-9-5-16(6-10-20)15(2)3/h15-16H,4-14H2,1-3H3. The Kier molecular flexibility index (Phi) is 6.49. The molecule has 0 unspecified atom stereocenters. The lowest BCUT2D eigenvalue weighted by atomic mass is 9.86. The summed E-state index contributed by atoms with van der Waals surface area (Å²) in [6.45, 7) is 15.4. The van der Waals surface area contributed by atoms with Gasteiger partial charge in [-0.05, 0) is 31.2 Å². The molecule has 122 valence electrons. The smallest absolute Gasteiger partial charge is 0.223 e. The van der Waals surface area contributed by atoms with Gasteiger partial charge < -0.3 is 14.7 Å². The van der Waals surface area contributed by atoms with Crippen molar-refractivity contribution in [1.82, 2.24) is 14.7 Å². The van der Waals surface area contributed by atoms with Crippen molar-refractivity contribution in [2.75, 3.05) is 52.4 Å². The molecule has 0 aromatic carbocycles. The predicted octanol–water partition coefficient (Wildman–Crippen LogP) is 1.91. The van der Waals surface area contributed by atoms with Crippen LogP contribution in [-0.2, 0) is 4.79 Å². The number of hydrogen-bond donors (Lipinski definition) is 0. The highest BCUT2D eigenvalue weighted by Crippen LogP contribution is 2.24. The van der Waals surface area contributed by atoms with Crippen molar-refractivity contribution < 1.29 is 4.79 Å². The number of nitrogens with zero attached hydrogens (tertiary/aromatic N) is 3. The number of rotatable bonds is 5. The van der Waals surface area contributed by atoms with E-state index in [0.717, 1.165) is 64.2 Å². The van der Waals surface area contributed by atoms with Crippen LogP contribution in [0.4, 0.5) is 0 Å². The summed E-state index contributed by atoms with van der Waals surface area (Å²) in [5, 5.41) is 0. The molecule has 0 bridgehead atoms. The van der Waals surface area contributed by atoms with Crippen LogP contribution in [0.5, 0.6) is 0 Å². The highest BCUT2D eigenvalue weighted by Gasteiger charge is 2.25. The molecule has 0 aromatic rings. The summed E-state index contributed by atoms with van der Waals surface area (Å²) in [5.41, 5.74) is 0. The summed E-state index contributed by atoms with van der Waals surface area (Å²) in [6.07, 6.45) is 3.09. The summed E-state index contributed by atoms with van der Waals surface area (Å²) >= 11 is 0. The van der Waals surface area contributed by atoms with Crippen molar-refractivity contribution in [3.8, 4) is 0 Å². The molecule has 0 aliphatic carbocycles. The van der Waals surface area contributed by atoms with Gasteiger partial charge >= 0.3 is 0 Å². The van der Waals surface area contributed by atoms with E-state index in [1.807, 2.05) is 0 Å². The number of hydrogen-bond acceptors (Lipinski definition) is 3. The third-order valence-electron chi connectivity index (χ3n) is 5.39. The fourth-order valence-electron chi connectivity index (χ4n) is 3.56. The summed E-state index contributed by atoms with van der Waals surface area (Å²) in [5.74, 6) is 1.95. The SMILES string of the molecule is CCN1CCN(CCC(=O)N2CCC(C(C)C)CC2)CC1. The largest absolute Gasteiger partial charge is 0.343 e. The number of piperidine rings is 1. The Morgan fingerprint density at radius 2 is 1.57 bits per heavy atom. The van der Waals surface area contributed by atoms with E-state index in [-0.39, 0.29) is 0 Å². The second-order valence-electron chi connectivity index (χ2n) is 6.99. The molecular formula is C17H33N3O. The number of likely N-dealkylation sites (N-methyl/N-ethyl adjacent to an activating group) is 1. The van der Waals surface area contributed by atoms with Crippen LogP contribution in [0.3, 0.4) is 0 Å². The summed E-state index contributed by atoms with van der Waals surface area (Å²) in [7, 11) is 0. The Morgan fingerprint density at radius 3 is 2.10 bits per heavy atom. The molecular weight excluding hydrogens is 262 g/mol. The fourth-order valence-corrected chi connectivity index (χ4v) is 3.56. The van der Waals surface area contributed by atoms with Gasteiger partial charge in [-0.25, -0.2) is 0 Å². The molecule has 0 N–H and O–H groups in total. The first kappa shape index (κ1) is 16.8. The minimum atomic E-state index is 0.370. The first-order chi connectivity index (χ1) is 10.1. The first-order valence-corrected chi connectivity index (χ1v) is 8.82. The van der Waals surface area contributed by atoms with Gasteiger partial charge in [-0.15, -0.1) is 0 Å². The number of carbonyl (C=O) groups excluding carboxylic acids is 1. The van der Waals surface area contributed by atoms with Gasteiger partial charge in [-0.1, -0.05) is 20.8 Å². The summed E-state index contributed by atoms with van der Waals surface area (Å²) in [6, 6.07) is 0. The van der Waals surface area contributed by atoms with E-state index in [1.54, 1.807) is 0 Å². The van der Waals surface area contributed by atoms with Crippen molar-refractivity contribution in [2.24, 2.45) is 11.8 Å². The molecule has 2 aliphatic rings. The molecule has 1 amide bonds. The van der Waals surface area contributed by atoms with Crippen LogP contribution in [0.2, 0.25) is 0 Å². The maximum atomic E-state index is 12.3. The van der Waals surface area contributed by atoms with Crippen LogP contribution in [0, 0.1) is 11.8 Å². The quantitative estimate of drug-likeness (QED) is 0.775. The van der Waals surface area contributed by atoms with Crippen LogP contribution in [0.15, 0.2) is 0 Å². The van der Waals surface area contributed by atoms with E-state index in [9.17, 15) is 4.79 Å². The zero-order valence-corrected chi connectivity index (χ0v) is 14.2.